The normalized spacial score (nSPS) is 15.6. The van der Waals surface area contributed by atoms with Gasteiger partial charge in [0.05, 0.1) is 23.0 Å². The van der Waals surface area contributed by atoms with Gasteiger partial charge in [0.15, 0.2) is 5.75 Å². The number of benzene rings is 1. The molecule has 0 amide bonds. The Morgan fingerprint density at radius 3 is 2.97 bits per heavy atom. The number of H-pyrrole nitrogens is 1. The van der Waals surface area contributed by atoms with Gasteiger partial charge in [0.2, 0.25) is 0 Å². The van der Waals surface area contributed by atoms with Gasteiger partial charge in [0.1, 0.15) is 17.3 Å². The Labute approximate surface area is 174 Å². The third-order valence-electron chi connectivity index (χ3n) is 5.17. The quantitative estimate of drug-likeness (QED) is 0.374. The smallest absolute Gasteiger partial charge is 0.338 e. The molecule has 0 aliphatic heterocycles. The van der Waals surface area contributed by atoms with Crippen molar-refractivity contribution < 1.29 is 19.2 Å². The molecule has 4 rings (SSSR count). The Hall–Kier alpha value is -3.27. The molecule has 1 aromatic carbocycles. The number of methoxy groups -OCH3 is 1. The summed E-state index contributed by atoms with van der Waals surface area (Å²) in [5.74, 6) is 0.0981. The number of thiophene rings is 1. The number of rotatable bonds is 5. The highest BCUT2D eigenvalue weighted by atomic mass is 32.1. The van der Waals surface area contributed by atoms with Crippen LogP contribution in [0.1, 0.15) is 40.0 Å². The van der Waals surface area contributed by atoms with Crippen LogP contribution in [0.5, 0.6) is 5.75 Å². The summed E-state index contributed by atoms with van der Waals surface area (Å²) in [4.78, 5) is 44.4. The highest BCUT2D eigenvalue weighted by Crippen LogP contribution is 2.35. The third-order valence-corrected chi connectivity index (χ3v) is 6.31. The minimum Gasteiger partial charge on any atom is -0.490 e. The van der Waals surface area contributed by atoms with E-state index in [1.54, 1.807) is 0 Å². The van der Waals surface area contributed by atoms with E-state index < -0.39 is 10.9 Å². The zero-order valence-corrected chi connectivity index (χ0v) is 17.2. The van der Waals surface area contributed by atoms with E-state index in [2.05, 4.69) is 16.9 Å². The van der Waals surface area contributed by atoms with Crippen LogP contribution in [0, 0.1) is 16.0 Å². The van der Waals surface area contributed by atoms with Gasteiger partial charge in [0.25, 0.3) is 5.56 Å². The number of aromatic nitrogens is 2. The van der Waals surface area contributed by atoms with E-state index >= 15 is 0 Å². The maximum Gasteiger partial charge on any atom is 0.338 e. The molecule has 3 aromatic rings. The van der Waals surface area contributed by atoms with Crippen molar-refractivity contribution in [1.82, 2.24) is 9.97 Å². The number of nitrogens with one attached hydrogen (secondary N) is 1. The van der Waals surface area contributed by atoms with Crippen LogP contribution < -0.4 is 10.3 Å². The second kappa shape index (κ2) is 7.86. The summed E-state index contributed by atoms with van der Waals surface area (Å²) >= 11 is 1.51. The number of ether oxygens (including phenoxy) is 2. The molecule has 9 nitrogen and oxygen atoms in total. The van der Waals surface area contributed by atoms with Gasteiger partial charge in [-0.2, -0.15) is 0 Å². The molecule has 0 spiro atoms. The second-order valence-corrected chi connectivity index (χ2v) is 8.35. The number of nitro benzene ring substituents is 1. The van der Waals surface area contributed by atoms with E-state index in [9.17, 15) is 19.7 Å². The SMILES string of the molecule is COc1ccc(C(=O)OCc2nc3sc4c(c3c(=O)[nH]2)CC[C@H](C)C4)cc1[N+](=O)[O-]. The minimum atomic E-state index is -0.761. The zero-order chi connectivity index (χ0) is 21.4. The van der Waals surface area contributed by atoms with Gasteiger partial charge in [-0.3, -0.25) is 14.9 Å². The molecule has 0 radical (unpaired) electrons. The summed E-state index contributed by atoms with van der Waals surface area (Å²) in [6, 6.07) is 3.80. The molecule has 0 fully saturated rings. The van der Waals surface area contributed by atoms with Gasteiger partial charge in [0, 0.05) is 10.9 Å². The van der Waals surface area contributed by atoms with Gasteiger partial charge in [-0.25, -0.2) is 9.78 Å². The van der Waals surface area contributed by atoms with Crippen molar-refractivity contribution in [3.05, 3.63) is 60.5 Å². The first-order chi connectivity index (χ1) is 14.4. The number of hydrogen-bond donors (Lipinski definition) is 1. The molecule has 10 heteroatoms. The zero-order valence-electron chi connectivity index (χ0n) is 16.4. The first-order valence-electron chi connectivity index (χ1n) is 9.40. The van der Waals surface area contributed by atoms with Crippen LogP contribution in [0.25, 0.3) is 10.2 Å². The van der Waals surface area contributed by atoms with Crippen molar-refractivity contribution in [2.75, 3.05) is 7.11 Å². The first-order valence-corrected chi connectivity index (χ1v) is 10.2. The van der Waals surface area contributed by atoms with E-state index in [0.29, 0.717) is 16.1 Å². The lowest BCUT2D eigenvalue weighted by Crippen LogP contribution is -2.16. The van der Waals surface area contributed by atoms with Crippen LogP contribution in [0.4, 0.5) is 5.69 Å². The largest absolute Gasteiger partial charge is 0.490 e. The molecule has 0 bridgehead atoms. The van der Waals surface area contributed by atoms with Crippen molar-refractivity contribution in [3.8, 4) is 5.75 Å². The average Bonchev–Trinajstić information content (AvgIpc) is 3.09. The minimum absolute atomic E-state index is 0.00602. The van der Waals surface area contributed by atoms with Crippen molar-refractivity contribution in [3.63, 3.8) is 0 Å². The van der Waals surface area contributed by atoms with Crippen molar-refractivity contribution in [2.24, 2.45) is 5.92 Å². The van der Waals surface area contributed by atoms with Crippen LogP contribution in [-0.4, -0.2) is 28.0 Å². The number of esters is 1. The Bertz CT molecular complexity index is 1220. The van der Waals surface area contributed by atoms with E-state index in [0.717, 1.165) is 30.9 Å². The lowest BCUT2D eigenvalue weighted by atomic mass is 9.89. The molecule has 0 unspecified atom stereocenters. The van der Waals surface area contributed by atoms with Crippen LogP contribution in [0.2, 0.25) is 0 Å². The molecular formula is C20H19N3O6S. The summed E-state index contributed by atoms with van der Waals surface area (Å²) in [6.07, 6.45) is 2.86. The lowest BCUT2D eigenvalue weighted by Gasteiger charge is -2.17. The van der Waals surface area contributed by atoms with Crippen LogP contribution in [0.15, 0.2) is 23.0 Å². The van der Waals surface area contributed by atoms with E-state index in [-0.39, 0.29) is 35.0 Å². The van der Waals surface area contributed by atoms with Gasteiger partial charge < -0.3 is 14.5 Å². The maximum absolute atomic E-state index is 12.6. The number of nitro groups is 1. The van der Waals surface area contributed by atoms with Crippen LogP contribution in [0.3, 0.4) is 0 Å². The fourth-order valence-electron chi connectivity index (χ4n) is 3.64. The fraction of sp³-hybridized carbons (Fsp3) is 0.350. The van der Waals surface area contributed by atoms with E-state index in [4.69, 9.17) is 9.47 Å². The Morgan fingerprint density at radius 1 is 1.43 bits per heavy atom. The molecule has 2 heterocycles. The molecule has 156 valence electrons. The first kappa shape index (κ1) is 20.0. The number of aromatic amines is 1. The molecule has 1 aliphatic carbocycles. The third kappa shape index (κ3) is 3.65. The monoisotopic (exact) mass is 429 g/mol. The van der Waals surface area contributed by atoms with Crippen LogP contribution >= 0.6 is 11.3 Å². The second-order valence-electron chi connectivity index (χ2n) is 7.26. The molecule has 1 N–H and O–H groups in total. The summed E-state index contributed by atoms with van der Waals surface area (Å²) in [5.41, 5.74) is 0.513. The van der Waals surface area contributed by atoms with Crippen molar-refractivity contribution in [1.29, 1.82) is 0 Å². The highest BCUT2D eigenvalue weighted by Gasteiger charge is 2.23. The number of fused-ring (bicyclic) bond motifs is 3. The summed E-state index contributed by atoms with van der Waals surface area (Å²) < 4.78 is 10.1. The van der Waals surface area contributed by atoms with E-state index in [1.807, 2.05) is 0 Å². The Kier molecular flexibility index (Phi) is 5.25. The molecule has 0 saturated carbocycles. The van der Waals surface area contributed by atoms with Crippen LogP contribution in [-0.2, 0) is 24.2 Å². The van der Waals surface area contributed by atoms with Gasteiger partial charge in [-0.1, -0.05) is 6.92 Å². The summed E-state index contributed by atoms with van der Waals surface area (Å²) in [5, 5.41) is 11.8. The maximum atomic E-state index is 12.6. The molecule has 1 aliphatic rings. The number of carbonyl (C=O) groups is 1. The molecular weight excluding hydrogens is 410 g/mol. The lowest BCUT2D eigenvalue weighted by molar-refractivity contribution is -0.385. The highest BCUT2D eigenvalue weighted by molar-refractivity contribution is 7.18. The van der Waals surface area contributed by atoms with Crippen molar-refractivity contribution >= 4 is 33.2 Å². The molecule has 0 saturated heterocycles. The number of nitrogens with zero attached hydrogens (tertiary/aromatic N) is 2. The Balaban J connectivity index is 1.55. The predicted molar refractivity (Wildman–Crippen MR) is 110 cm³/mol. The van der Waals surface area contributed by atoms with Gasteiger partial charge in [-0.15, -0.1) is 11.3 Å². The molecule has 2 aromatic heterocycles. The number of hydrogen-bond acceptors (Lipinski definition) is 8. The predicted octanol–water partition coefficient (Wildman–Crippen LogP) is 3.38. The Morgan fingerprint density at radius 2 is 2.23 bits per heavy atom. The number of carbonyl (C=O) groups excluding carboxylic acids is 1. The summed E-state index contributed by atoms with van der Waals surface area (Å²) in [7, 11) is 1.31. The topological polar surface area (TPSA) is 124 Å². The van der Waals surface area contributed by atoms with Gasteiger partial charge in [-0.05, 0) is 42.9 Å². The van der Waals surface area contributed by atoms with E-state index in [1.165, 1.54) is 35.5 Å². The number of aryl methyl sites for hydroxylation is 1. The fourth-order valence-corrected chi connectivity index (χ4v) is 5.04. The van der Waals surface area contributed by atoms with Crippen molar-refractivity contribution in [2.45, 2.75) is 32.8 Å². The summed E-state index contributed by atoms with van der Waals surface area (Å²) in [6.45, 7) is 1.95. The standard InChI is InChI=1S/C20H19N3O6S/c1-10-3-5-12-15(7-10)30-19-17(12)18(24)21-16(22-19)9-29-20(25)11-4-6-14(28-2)13(8-11)23(26)27/h4,6,8,10H,3,5,7,9H2,1-2H3,(H,21,22,24)/t10-/m0/s1. The molecule has 30 heavy (non-hydrogen) atoms. The average molecular weight is 429 g/mol. The van der Waals surface area contributed by atoms with Gasteiger partial charge >= 0.3 is 11.7 Å². The molecule has 1 atom stereocenters.